The maximum Gasteiger partial charge on any atom is 0.226 e. The second kappa shape index (κ2) is 8.55. The maximum atomic E-state index is 13.3. The van der Waals surface area contributed by atoms with Gasteiger partial charge in [-0.05, 0) is 36.6 Å². The molecule has 3 rings (SSSR count). The monoisotopic (exact) mass is 340 g/mol. The molecular weight excluding hydrogens is 319 g/mol. The molecule has 0 aliphatic heterocycles. The van der Waals surface area contributed by atoms with Crippen molar-refractivity contribution in [2.75, 3.05) is 6.61 Å². The number of halogens is 1. The molecule has 0 bridgehead atoms. The SMILES string of the molecule is OCCCC(NCc1coc(-c2cccc(F)c2)n1)c1ccccc1. The third-order valence-corrected chi connectivity index (χ3v) is 4.01. The predicted molar refractivity (Wildman–Crippen MR) is 94.2 cm³/mol. The number of benzene rings is 2. The molecule has 25 heavy (non-hydrogen) atoms. The molecule has 0 aliphatic rings. The Bertz CT molecular complexity index is 789. The molecular formula is C20H21FN2O2. The molecule has 0 saturated heterocycles. The van der Waals surface area contributed by atoms with Gasteiger partial charge < -0.3 is 14.8 Å². The molecule has 2 N–H and O–H groups in total. The molecule has 1 unspecified atom stereocenters. The Kier molecular flexibility index (Phi) is 5.93. The molecule has 0 amide bonds. The minimum atomic E-state index is -0.316. The Labute approximate surface area is 146 Å². The number of hydrogen-bond acceptors (Lipinski definition) is 4. The number of nitrogens with zero attached hydrogens (tertiary/aromatic N) is 1. The van der Waals surface area contributed by atoms with E-state index >= 15 is 0 Å². The van der Waals surface area contributed by atoms with Gasteiger partial charge in [-0.1, -0.05) is 36.4 Å². The second-order valence-corrected chi connectivity index (χ2v) is 5.86. The highest BCUT2D eigenvalue weighted by atomic mass is 19.1. The molecule has 0 radical (unpaired) electrons. The van der Waals surface area contributed by atoms with Gasteiger partial charge in [0.2, 0.25) is 5.89 Å². The normalized spacial score (nSPS) is 12.2. The number of nitrogens with one attached hydrogen (secondary N) is 1. The molecule has 0 aliphatic carbocycles. The summed E-state index contributed by atoms with van der Waals surface area (Å²) >= 11 is 0. The predicted octanol–water partition coefficient (Wildman–Crippen LogP) is 4.08. The molecule has 130 valence electrons. The van der Waals surface area contributed by atoms with Crippen LogP contribution in [0.15, 0.2) is 65.3 Å². The van der Waals surface area contributed by atoms with E-state index in [2.05, 4.69) is 22.4 Å². The zero-order valence-electron chi connectivity index (χ0n) is 13.9. The molecule has 1 aromatic heterocycles. The maximum absolute atomic E-state index is 13.3. The largest absolute Gasteiger partial charge is 0.444 e. The van der Waals surface area contributed by atoms with Crippen LogP contribution in [0.4, 0.5) is 4.39 Å². The van der Waals surface area contributed by atoms with Gasteiger partial charge in [0, 0.05) is 24.8 Å². The molecule has 0 spiro atoms. The summed E-state index contributed by atoms with van der Waals surface area (Å²) in [5.74, 6) is 0.0893. The number of hydrogen-bond donors (Lipinski definition) is 2. The average Bonchev–Trinajstić information content (AvgIpc) is 3.12. The quantitative estimate of drug-likeness (QED) is 0.649. The van der Waals surface area contributed by atoms with Crippen molar-refractivity contribution in [3.63, 3.8) is 0 Å². The van der Waals surface area contributed by atoms with Crippen LogP contribution in [0.1, 0.15) is 30.1 Å². The van der Waals surface area contributed by atoms with E-state index in [1.807, 2.05) is 18.2 Å². The van der Waals surface area contributed by atoms with Crippen LogP contribution in [0.25, 0.3) is 11.5 Å². The van der Waals surface area contributed by atoms with E-state index in [0.29, 0.717) is 18.0 Å². The summed E-state index contributed by atoms with van der Waals surface area (Å²) in [7, 11) is 0. The van der Waals surface area contributed by atoms with E-state index in [1.54, 1.807) is 18.4 Å². The van der Waals surface area contributed by atoms with Gasteiger partial charge in [-0.3, -0.25) is 0 Å². The Hall–Kier alpha value is -2.50. The average molecular weight is 340 g/mol. The molecule has 0 fully saturated rings. The van der Waals surface area contributed by atoms with Crippen molar-refractivity contribution in [1.29, 1.82) is 0 Å². The van der Waals surface area contributed by atoms with E-state index in [1.165, 1.54) is 17.7 Å². The standard InChI is InChI=1S/C20H21FN2O2/c21-17-9-4-8-16(12-17)20-23-18(14-25-20)13-22-19(10-5-11-24)15-6-2-1-3-7-15/h1-4,6-9,12,14,19,22,24H,5,10-11,13H2. The summed E-state index contributed by atoms with van der Waals surface area (Å²) in [6, 6.07) is 16.4. The highest BCUT2D eigenvalue weighted by molar-refractivity contribution is 5.52. The lowest BCUT2D eigenvalue weighted by molar-refractivity contribution is 0.274. The van der Waals surface area contributed by atoms with Gasteiger partial charge in [0.1, 0.15) is 12.1 Å². The van der Waals surface area contributed by atoms with Gasteiger partial charge in [-0.2, -0.15) is 0 Å². The lowest BCUT2D eigenvalue weighted by atomic mass is 10.0. The third kappa shape index (κ3) is 4.75. The van der Waals surface area contributed by atoms with Crippen LogP contribution >= 0.6 is 0 Å². The molecule has 5 heteroatoms. The van der Waals surface area contributed by atoms with Crippen molar-refractivity contribution in [3.05, 3.63) is 77.9 Å². The van der Waals surface area contributed by atoms with E-state index in [0.717, 1.165) is 18.5 Å². The Balaban J connectivity index is 1.67. The Morgan fingerprint density at radius 1 is 1.12 bits per heavy atom. The first kappa shape index (κ1) is 17.3. The van der Waals surface area contributed by atoms with Crippen LogP contribution in [0.2, 0.25) is 0 Å². The van der Waals surface area contributed by atoms with Crippen molar-refractivity contribution >= 4 is 0 Å². The molecule has 1 heterocycles. The van der Waals surface area contributed by atoms with Gasteiger partial charge >= 0.3 is 0 Å². The fraction of sp³-hybridized carbons (Fsp3) is 0.250. The summed E-state index contributed by atoms with van der Waals surface area (Å²) in [6.45, 7) is 0.697. The molecule has 2 aromatic carbocycles. The second-order valence-electron chi connectivity index (χ2n) is 5.86. The van der Waals surface area contributed by atoms with Crippen LogP contribution in [-0.4, -0.2) is 16.7 Å². The van der Waals surface area contributed by atoms with E-state index in [9.17, 15) is 4.39 Å². The van der Waals surface area contributed by atoms with Crippen LogP contribution in [0.5, 0.6) is 0 Å². The molecule has 0 saturated carbocycles. The fourth-order valence-electron chi connectivity index (χ4n) is 2.74. The number of aliphatic hydroxyl groups excluding tert-OH is 1. The third-order valence-electron chi connectivity index (χ3n) is 4.01. The van der Waals surface area contributed by atoms with Gasteiger partial charge in [0.25, 0.3) is 0 Å². The van der Waals surface area contributed by atoms with Crippen LogP contribution in [-0.2, 0) is 6.54 Å². The van der Waals surface area contributed by atoms with Gasteiger partial charge in [-0.15, -0.1) is 0 Å². The smallest absolute Gasteiger partial charge is 0.226 e. The zero-order chi connectivity index (χ0) is 17.5. The summed E-state index contributed by atoms with van der Waals surface area (Å²) in [5, 5.41) is 12.6. The fourth-order valence-corrected chi connectivity index (χ4v) is 2.74. The highest BCUT2D eigenvalue weighted by Gasteiger charge is 2.12. The van der Waals surface area contributed by atoms with Crippen molar-refractivity contribution in [1.82, 2.24) is 10.3 Å². The van der Waals surface area contributed by atoms with Crippen molar-refractivity contribution in [2.45, 2.75) is 25.4 Å². The lowest BCUT2D eigenvalue weighted by Gasteiger charge is -2.18. The highest BCUT2D eigenvalue weighted by Crippen LogP contribution is 2.21. The first-order chi connectivity index (χ1) is 12.3. The van der Waals surface area contributed by atoms with E-state index in [4.69, 9.17) is 9.52 Å². The summed E-state index contributed by atoms with van der Waals surface area (Å²) in [4.78, 5) is 4.42. The summed E-state index contributed by atoms with van der Waals surface area (Å²) in [5.41, 5.74) is 2.54. The number of aromatic nitrogens is 1. The topological polar surface area (TPSA) is 58.3 Å². The first-order valence-corrected chi connectivity index (χ1v) is 8.36. The van der Waals surface area contributed by atoms with E-state index < -0.39 is 0 Å². The van der Waals surface area contributed by atoms with E-state index in [-0.39, 0.29) is 18.5 Å². The summed E-state index contributed by atoms with van der Waals surface area (Å²) in [6.07, 6.45) is 3.14. The Morgan fingerprint density at radius 3 is 2.72 bits per heavy atom. The van der Waals surface area contributed by atoms with Gasteiger partial charge in [-0.25, -0.2) is 9.37 Å². The van der Waals surface area contributed by atoms with Crippen molar-refractivity contribution < 1.29 is 13.9 Å². The molecule has 3 aromatic rings. The number of rotatable bonds is 8. The van der Waals surface area contributed by atoms with Crippen molar-refractivity contribution in [2.24, 2.45) is 0 Å². The van der Waals surface area contributed by atoms with Crippen LogP contribution in [0.3, 0.4) is 0 Å². The number of aliphatic hydroxyl groups is 1. The zero-order valence-corrected chi connectivity index (χ0v) is 13.9. The first-order valence-electron chi connectivity index (χ1n) is 8.36. The van der Waals surface area contributed by atoms with Crippen LogP contribution < -0.4 is 5.32 Å². The van der Waals surface area contributed by atoms with Gasteiger partial charge in [0.05, 0.1) is 5.69 Å². The molecule has 4 nitrogen and oxygen atoms in total. The minimum absolute atomic E-state index is 0.127. The minimum Gasteiger partial charge on any atom is -0.444 e. The summed E-state index contributed by atoms with van der Waals surface area (Å²) < 4.78 is 18.8. The van der Waals surface area contributed by atoms with Crippen molar-refractivity contribution in [3.8, 4) is 11.5 Å². The Morgan fingerprint density at radius 2 is 1.96 bits per heavy atom. The van der Waals surface area contributed by atoms with Gasteiger partial charge in [0.15, 0.2) is 0 Å². The number of oxazole rings is 1. The lowest BCUT2D eigenvalue weighted by Crippen LogP contribution is -2.21. The van der Waals surface area contributed by atoms with Crippen LogP contribution in [0, 0.1) is 5.82 Å². The molecule has 1 atom stereocenters.